The molecular formula is C30H42F3N3O3S. The summed E-state index contributed by atoms with van der Waals surface area (Å²) in [5, 5.41) is 3.10. The standard InChI is InChI=1S/C30H42F3N3O3S/c1-5-29(3,4)35-40(38)27-12-11-22(17-25(27)30(31,32)33)26-18-24(28(37)34-23-13-15-39-16-14-23)20(2)36(26)19-21-9-7-6-8-10-21/h11-12,17-18,21,23,35H,5-10,13-16,19H2,1-4H3,(H,34,37). The number of rotatable bonds is 9. The van der Waals surface area contributed by atoms with Crippen molar-refractivity contribution in [2.75, 3.05) is 13.2 Å². The summed E-state index contributed by atoms with van der Waals surface area (Å²) in [6, 6.07) is 5.71. The van der Waals surface area contributed by atoms with E-state index in [9.17, 15) is 22.5 Å². The Bertz CT molecular complexity index is 1170. The van der Waals surface area contributed by atoms with Crippen LogP contribution in [-0.4, -0.2) is 39.8 Å². The van der Waals surface area contributed by atoms with Crippen molar-refractivity contribution in [3.05, 3.63) is 41.1 Å². The first-order valence-electron chi connectivity index (χ1n) is 14.4. The van der Waals surface area contributed by atoms with Gasteiger partial charge in [0.15, 0.2) is 4.90 Å². The lowest BCUT2D eigenvalue weighted by molar-refractivity contribution is -0.139. The van der Waals surface area contributed by atoms with E-state index in [1.54, 1.807) is 26.0 Å². The second-order valence-electron chi connectivity index (χ2n) is 11.8. The number of alkyl halides is 3. The molecule has 40 heavy (non-hydrogen) atoms. The Morgan fingerprint density at radius 2 is 1.77 bits per heavy atom. The summed E-state index contributed by atoms with van der Waals surface area (Å²) in [5.41, 5.74) is 0.628. The van der Waals surface area contributed by atoms with Crippen LogP contribution in [0.25, 0.3) is 11.3 Å². The Balaban J connectivity index is 1.74. The molecule has 2 aromatic rings. The van der Waals surface area contributed by atoms with E-state index in [0.29, 0.717) is 48.9 Å². The first-order valence-corrected chi connectivity index (χ1v) is 15.5. The Labute approximate surface area is 238 Å². The van der Waals surface area contributed by atoms with Gasteiger partial charge in [0, 0.05) is 37.2 Å². The van der Waals surface area contributed by atoms with Crippen molar-refractivity contribution in [2.45, 2.75) is 108 Å². The van der Waals surface area contributed by atoms with Crippen LogP contribution >= 0.6 is 0 Å². The molecule has 2 fully saturated rings. The van der Waals surface area contributed by atoms with E-state index in [0.717, 1.165) is 50.3 Å². The van der Waals surface area contributed by atoms with E-state index in [2.05, 4.69) is 10.0 Å². The molecular weight excluding hydrogens is 539 g/mol. The zero-order valence-electron chi connectivity index (χ0n) is 24.0. The van der Waals surface area contributed by atoms with E-state index in [4.69, 9.17) is 4.74 Å². The van der Waals surface area contributed by atoms with Gasteiger partial charge in [0.1, 0.15) is 5.56 Å². The average molecular weight is 582 g/mol. The Morgan fingerprint density at radius 1 is 1.10 bits per heavy atom. The van der Waals surface area contributed by atoms with E-state index < -0.39 is 28.6 Å². The Hall–Kier alpha value is -2.01. The monoisotopic (exact) mass is 581 g/mol. The van der Waals surface area contributed by atoms with E-state index in [-0.39, 0.29) is 16.8 Å². The fourth-order valence-electron chi connectivity index (χ4n) is 5.53. The minimum Gasteiger partial charge on any atom is -0.593 e. The van der Waals surface area contributed by atoms with Crippen LogP contribution in [0.4, 0.5) is 13.2 Å². The van der Waals surface area contributed by atoms with Crippen molar-refractivity contribution in [3.8, 4) is 11.3 Å². The third kappa shape index (κ3) is 7.43. The molecule has 2 aliphatic rings. The van der Waals surface area contributed by atoms with Gasteiger partial charge in [0.2, 0.25) is 0 Å². The van der Waals surface area contributed by atoms with Crippen LogP contribution in [0.1, 0.15) is 93.8 Å². The predicted octanol–water partition coefficient (Wildman–Crippen LogP) is 6.77. The maximum absolute atomic E-state index is 14.3. The summed E-state index contributed by atoms with van der Waals surface area (Å²) in [6.07, 6.45) is 2.96. The van der Waals surface area contributed by atoms with E-state index in [1.165, 1.54) is 12.5 Å². The molecule has 1 unspecified atom stereocenters. The van der Waals surface area contributed by atoms with Crippen LogP contribution < -0.4 is 10.0 Å². The van der Waals surface area contributed by atoms with Crippen LogP contribution in [0, 0.1) is 12.8 Å². The topological polar surface area (TPSA) is 78.3 Å². The fraction of sp³-hybridized carbons (Fsp3) is 0.633. The number of aromatic nitrogens is 1. The lowest BCUT2D eigenvalue weighted by Gasteiger charge is -2.26. The lowest BCUT2D eigenvalue weighted by atomic mass is 9.89. The van der Waals surface area contributed by atoms with Gasteiger partial charge in [-0.15, -0.1) is 4.72 Å². The summed E-state index contributed by atoms with van der Waals surface area (Å²) < 4.78 is 66.2. The van der Waals surface area contributed by atoms with Gasteiger partial charge in [-0.05, 0) is 88.6 Å². The van der Waals surface area contributed by atoms with Gasteiger partial charge in [-0.1, -0.05) is 26.2 Å². The third-order valence-corrected chi connectivity index (χ3v) is 9.86. The fourth-order valence-corrected chi connectivity index (χ4v) is 6.86. The molecule has 1 saturated carbocycles. The number of benzene rings is 1. The highest BCUT2D eigenvalue weighted by molar-refractivity contribution is 7.89. The van der Waals surface area contributed by atoms with Crippen molar-refractivity contribution < 1.29 is 27.3 Å². The van der Waals surface area contributed by atoms with Crippen LogP contribution in [0.5, 0.6) is 0 Å². The zero-order chi connectivity index (χ0) is 29.1. The number of ether oxygens (including phenoxy) is 1. The first kappa shape index (κ1) is 30.9. The SMILES string of the molecule is CCC(C)(C)N[S+]([O-])c1ccc(-c2cc(C(=O)NC3CCOCC3)c(C)n2CC2CCCCC2)cc1C(F)(F)F. The van der Waals surface area contributed by atoms with Crippen molar-refractivity contribution in [2.24, 2.45) is 5.92 Å². The van der Waals surface area contributed by atoms with Crippen LogP contribution in [0.15, 0.2) is 29.2 Å². The maximum Gasteiger partial charge on any atom is 0.421 e. The van der Waals surface area contributed by atoms with Crippen molar-refractivity contribution >= 4 is 17.3 Å². The second-order valence-corrected chi connectivity index (χ2v) is 13.0. The molecule has 0 radical (unpaired) electrons. The molecule has 1 aliphatic heterocycles. The first-order chi connectivity index (χ1) is 18.9. The smallest absolute Gasteiger partial charge is 0.421 e. The minimum atomic E-state index is -4.70. The van der Waals surface area contributed by atoms with Crippen LogP contribution in [0.2, 0.25) is 0 Å². The third-order valence-electron chi connectivity index (χ3n) is 8.37. The largest absolute Gasteiger partial charge is 0.593 e. The summed E-state index contributed by atoms with van der Waals surface area (Å²) in [5.74, 6) is 0.187. The van der Waals surface area contributed by atoms with Gasteiger partial charge >= 0.3 is 6.18 Å². The molecule has 222 valence electrons. The van der Waals surface area contributed by atoms with Crippen molar-refractivity contribution in [3.63, 3.8) is 0 Å². The van der Waals surface area contributed by atoms with E-state index in [1.807, 2.05) is 18.4 Å². The molecule has 1 amide bonds. The second kappa shape index (κ2) is 12.9. The maximum atomic E-state index is 14.3. The van der Waals surface area contributed by atoms with Gasteiger partial charge in [0.05, 0.1) is 22.5 Å². The van der Waals surface area contributed by atoms with Crippen LogP contribution in [0.3, 0.4) is 0 Å². The number of nitrogens with one attached hydrogen (secondary N) is 2. The van der Waals surface area contributed by atoms with Gasteiger partial charge in [-0.25, -0.2) is 0 Å². The highest BCUT2D eigenvalue weighted by Gasteiger charge is 2.40. The average Bonchev–Trinajstić information content (AvgIpc) is 3.24. The number of carbonyl (C=O) groups is 1. The Kier molecular flexibility index (Phi) is 9.96. The minimum absolute atomic E-state index is 0.0109. The number of halogens is 3. The molecule has 4 rings (SSSR count). The number of nitrogens with zero attached hydrogens (tertiary/aromatic N) is 1. The highest BCUT2D eigenvalue weighted by atomic mass is 32.2. The molecule has 0 bridgehead atoms. The molecule has 6 nitrogen and oxygen atoms in total. The van der Waals surface area contributed by atoms with Crippen molar-refractivity contribution in [1.29, 1.82) is 0 Å². The molecule has 1 aromatic carbocycles. The highest BCUT2D eigenvalue weighted by Crippen LogP contribution is 2.39. The van der Waals surface area contributed by atoms with Crippen molar-refractivity contribution in [1.82, 2.24) is 14.6 Å². The molecule has 0 spiro atoms. The molecule has 10 heteroatoms. The number of carbonyl (C=O) groups excluding carboxylic acids is 1. The number of amides is 1. The molecule has 1 aromatic heterocycles. The molecule has 2 heterocycles. The normalized spacial score (nSPS) is 18.6. The van der Waals surface area contributed by atoms with Gasteiger partial charge in [0.25, 0.3) is 5.91 Å². The summed E-state index contributed by atoms with van der Waals surface area (Å²) in [6.45, 7) is 9.20. The van der Waals surface area contributed by atoms with Gasteiger partial charge < -0.3 is 19.2 Å². The lowest BCUT2D eigenvalue weighted by Crippen LogP contribution is -2.43. The summed E-state index contributed by atoms with van der Waals surface area (Å²) >= 11 is -2.05. The van der Waals surface area contributed by atoms with Gasteiger partial charge in [-0.2, -0.15) is 13.2 Å². The zero-order valence-corrected chi connectivity index (χ0v) is 24.8. The van der Waals surface area contributed by atoms with E-state index >= 15 is 0 Å². The Morgan fingerprint density at radius 3 is 2.40 bits per heavy atom. The number of hydrogen-bond donors (Lipinski definition) is 2. The quantitative estimate of drug-likeness (QED) is 0.320. The summed E-state index contributed by atoms with van der Waals surface area (Å²) in [7, 11) is 0. The molecule has 1 aliphatic carbocycles. The van der Waals surface area contributed by atoms with Gasteiger partial charge in [-0.3, -0.25) is 4.79 Å². The molecule has 1 saturated heterocycles. The summed E-state index contributed by atoms with van der Waals surface area (Å²) in [4.78, 5) is 13.1. The predicted molar refractivity (Wildman–Crippen MR) is 151 cm³/mol. The number of hydrogen-bond acceptors (Lipinski definition) is 4. The molecule has 2 N–H and O–H groups in total. The van der Waals surface area contributed by atoms with Crippen LogP contribution in [-0.2, 0) is 28.8 Å². The molecule has 1 atom stereocenters.